The molecule has 2 aliphatic rings. The van der Waals surface area contributed by atoms with Crippen LogP contribution in [-0.4, -0.2) is 48.4 Å². The fourth-order valence-electron chi connectivity index (χ4n) is 4.12. The van der Waals surface area contributed by atoms with Crippen molar-refractivity contribution in [3.05, 3.63) is 42.2 Å². The summed E-state index contributed by atoms with van der Waals surface area (Å²) in [4.78, 5) is 2.40. The normalized spacial score (nSPS) is 23.2. The van der Waals surface area contributed by atoms with Gasteiger partial charge in [0.25, 0.3) is 0 Å². The summed E-state index contributed by atoms with van der Waals surface area (Å²) in [6, 6.07) is 12.8. The van der Waals surface area contributed by atoms with Gasteiger partial charge in [-0.25, -0.2) is 0 Å². The van der Waals surface area contributed by atoms with Crippen LogP contribution in [-0.2, 0) is 11.3 Å². The van der Waals surface area contributed by atoms with Gasteiger partial charge < -0.3 is 14.6 Å². The molecule has 1 aromatic carbocycles. The molecule has 1 spiro atoms. The van der Waals surface area contributed by atoms with E-state index in [1.807, 2.05) is 18.2 Å². The number of aromatic nitrogens is 1. The first-order valence-electron chi connectivity index (χ1n) is 9.30. The van der Waals surface area contributed by atoms with Crippen molar-refractivity contribution < 1.29 is 9.26 Å². The van der Waals surface area contributed by atoms with E-state index in [4.69, 9.17) is 9.26 Å². The first-order chi connectivity index (χ1) is 12.2. The highest BCUT2D eigenvalue weighted by atomic mass is 16.5. The Morgan fingerprint density at radius 2 is 2.04 bits per heavy atom. The van der Waals surface area contributed by atoms with Crippen LogP contribution in [0.5, 0.6) is 0 Å². The van der Waals surface area contributed by atoms with Crippen LogP contribution < -0.4 is 5.32 Å². The standard InChI is InChI=1S/C20H27N3O2/c1-23(17-7-12-24-20(14-17)8-10-21-11-9-20)15-18-13-19(22-25-18)16-5-3-2-4-6-16/h2-6,13,17,21H,7-12,14-15H2,1H3. The fourth-order valence-corrected chi connectivity index (χ4v) is 4.12. The second-order valence-corrected chi connectivity index (χ2v) is 7.39. The molecular formula is C20H27N3O2. The molecule has 0 bridgehead atoms. The van der Waals surface area contributed by atoms with E-state index in [1.165, 1.54) is 0 Å². The third-order valence-corrected chi connectivity index (χ3v) is 5.64. The molecule has 25 heavy (non-hydrogen) atoms. The van der Waals surface area contributed by atoms with Crippen LogP contribution in [0.1, 0.15) is 31.4 Å². The lowest BCUT2D eigenvalue weighted by Gasteiger charge is -2.45. The van der Waals surface area contributed by atoms with Gasteiger partial charge in [-0.1, -0.05) is 35.5 Å². The van der Waals surface area contributed by atoms with E-state index in [-0.39, 0.29) is 5.60 Å². The number of nitrogens with one attached hydrogen (secondary N) is 1. The minimum absolute atomic E-state index is 0.0824. The lowest BCUT2D eigenvalue weighted by Crippen LogP contribution is -2.52. The van der Waals surface area contributed by atoms with Crippen LogP contribution in [0.4, 0.5) is 0 Å². The van der Waals surface area contributed by atoms with Crippen molar-refractivity contribution in [1.82, 2.24) is 15.4 Å². The molecule has 5 nitrogen and oxygen atoms in total. The van der Waals surface area contributed by atoms with E-state index in [1.54, 1.807) is 0 Å². The summed E-state index contributed by atoms with van der Waals surface area (Å²) in [5.41, 5.74) is 2.09. The van der Waals surface area contributed by atoms with Crippen molar-refractivity contribution in [2.75, 3.05) is 26.7 Å². The molecule has 2 aliphatic heterocycles. The molecule has 0 amide bonds. The van der Waals surface area contributed by atoms with Crippen molar-refractivity contribution in [1.29, 1.82) is 0 Å². The van der Waals surface area contributed by atoms with Gasteiger partial charge in [-0.2, -0.15) is 0 Å². The number of rotatable bonds is 4. The number of hydrogen-bond donors (Lipinski definition) is 1. The quantitative estimate of drug-likeness (QED) is 0.926. The molecule has 1 unspecified atom stereocenters. The number of nitrogens with zero attached hydrogens (tertiary/aromatic N) is 2. The predicted molar refractivity (Wildman–Crippen MR) is 97.2 cm³/mol. The maximum Gasteiger partial charge on any atom is 0.151 e. The Hall–Kier alpha value is -1.69. The number of piperidine rings is 1. The van der Waals surface area contributed by atoms with Crippen LogP contribution in [0.15, 0.2) is 40.9 Å². The Balaban J connectivity index is 1.40. The minimum atomic E-state index is 0.0824. The van der Waals surface area contributed by atoms with E-state index >= 15 is 0 Å². The van der Waals surface area contributed by atoms with Gasteiger partial charge in [-0.15, -0.1) is 0 Å². The summed E-state index contributed by atoms with van der Waals surface area (Å²) < 4.78 is 11.8. The second-order valence-electron chi connectivity index (χ2n) is 7.39. The Labute approximate surface area is 149 Å². The highest BCUT2D eigenvalue weighted by molar-refractivity contribution is 5.58. The maximum atomic E-state index is 6.20. The van der Waals surface area contributed by atoms with Gasteiger partial charge in [0.1, 0.15) is 5.69 Å². The summed E-state index contributed by atoms with van der Waals surface area (Å²) in [7, 11) is 2.19. The van der Waals surface area contributed by atoms with Crippen molar-refractivity contribution in [3.8, 4) is 11.3 Å². The van der Waals surface area contributed by atoms with Gasteiger partial charge in [0.15, 0.2) is 5.76 Å². The summed E-state index contributed by atoms with van der Waals surface area (Å²) in [5, 5.41) is 7.67. The van der Waals surface area contributed by atoms with Gasteiger partial charge in [0.2, 0.25) is 0 Å². The summed E-state index contributed by atoms with van der Waals surface area (Å²) in [6.07, 6.45) is 4.45. The van der Waals surface area contributed by atoms with Crippen molar-refractivity contribution in [2.24, 2.45) is 0 Å². The van der Waals surface area contributed by atoms with Crippen LogP contribution in [0.2, 0.25) is 0 Å². The Morgan fingerprint density at radius 3 is 2.84 bits per heavy atom. The molecule has 2 saturated heterocycles. The molecular weight excluding hydrogens is 314 g/mol. The Morgan fingerprint density at radius 1 is 1.24 bits per heavy atom. The third-order valence-electron chi connectivity index (χ3n) is 5.64. The smallest absolute Gasteiger partial charge is 0.151 e. The molecule has 1 aromatic heterocycles. The Bertz CT molecular complexity index is 674. The summed E-state index contributed by atoms with van der Waals surface area (Å²) >= 11 is 0. The predicted octanol–water partition coefficient (Wildman–Crippen LogP) is 3.07. The van der Waals surface area contributed by atoms with Gasteiger partial charge in [0, 0.05) is 24.3 Å². The van der Waals surface area contributed by atoms with Crippen LogP contribution >= 0.6 is 0 Å². The van der Waals surface area contributed by atoms with Crippen LogP contribution in [0.3, 0.4) is 0 Å². The fraction of sp³-hybridized carbons (Fsp3) is 0.550. The van der Waals surface area contributed by atoms with Crippen molar-refractivity contribution >= 4 is 0 Å². The molecule has 5 heteroatoms. The summed E-state index contributed by atoms with van der Waals surface area (Å²) in [6.45, 7) is 3.79. The molecule has 3 heterocycles. The summed E-state index contributed by atoms with van der Waals surface area (Å²) in [5.74, 6) is 0.923. The lowest BCUT2D eigenvalue weighted by molar-refractivity contribution is -0.119. The van der Waals surface area contributed by atoms with E-state index in [9.17, 15) is 0 Å². The SMILES string of the molecule is CN(Cc1cc(-c2ccccc2)no1)C1CCOC2(CCNCC2)C1. The van der Waals surface area contributed by atoms with E-state index in [0.717, 1.165) is 68.9 Å². The molecule has 4 rings (SSSR count). The zero-order valence-electron chi connectivity index (χ0n) is 14.9. The van der Waals surface area contributed by atoms with Gasteiger partial charge in [-0.3, -0.25) is 4.90 Å². The molecule has 1 atom stereocenters. The number of benzene rings is 1. The monoisotopic (exact) mass is 341 g/mol. The maximum absolute atomic E-state index is 6.20. The number of ether oxygens (including phenoxy) is 1. The first-order valence-corrected chi connectivity index (χ1v) is 9.30. The minimum Gasteiger partial charge on any atom is -0.375 e. The van der Waals surface area contributed by atoms with Gasteiger partial charge in [0.05, 0.1) is 12.1 Å². The van der Waals surface area contributed by atoms with Gasteiger partial charge >= 0.3 is 0 Å². The zero-order chi connectivity index (χ0) is 17.1. The molecule has 0 aliphatic carbocycles. The molecule has 0 radical (unpaired) electrons. The zero-order valence-corrected chi connectivity index (χ0v) is 14.9. The molecule has 1 N–H and O–H groups in total. The average molecular weight is 341 g/mol. The number of hydrogen-bond acceptors (Lipinski definition) is 5. The first kappa shape index (κ1) is 16.8. The average Bonchev–Trinajstić information content (AvgIpc) is 3.12. The topological polar surface area (TPSA) is 50.5 Å². The molecule has 134 valence electrons. The van der Waals surface area contributed by atoms with Crippen LogP contribution in [0, 0.1) is 0 Å². The molecule has 2 fully saturated rings. The van der Waals surface area contributed by atoms with Gasteiger partial charge in [-0.05, 0) is 45.8 Å². The lowest BCUT2D eigenvalue weighted by atomic mass is 9.82. The molecule has 2 aromatic rings. The van der Waals surface area contributed by atoms with Crippen molar-refractivity contribution in [2.45, 2.75) is 43.9 Å². The van der Waals surface area contributed by atoms with E-state index < -0.39 is 0 Å². The molecule has 0 saturated carbocycles. The largest absolute Gasteiger partial charge is 0.375 e. The third kappa shape index (κ3) is 3.78. The van der Waals surface area contributed by atoms with E-state index in [0.29, 0.717) is 6.04 Å². The van der Waals surface area contributed by atoms with Crippen LogP contribution in [0.25, 0.3) is 11.3 Å². The highest BCUT2D eigenvalue weighted by Crippen LogP contribution is 2.35. The Kier molecular flexibility index (Phi) is 4.88. The second kappa shape index (κ2) is 7.28. The van der Waals surface area contributed by atoms with Crippen molar-refractivity contribution in [3.63, 3.8) is 0 Å². The van der Waals surface area contributed by atoms with E-state index in [2.05, 4.69) is 40.6 Å². The highest BCUT2D eigenvalue weighted by Gasteiger charge is 2.39.